The van der Waals surface area contributed by atoms with Crippen molar-refractivity contribution in [1.82, 2.24) is 9.62 Å². The summed E-state index contributed by atoms with van der Waals surface area (Å²) in [6, 6.07) is 3.59. The van der Waals surface area contributed by atoms with Crippen LogP contribution in [0.25, 0.3) is 0 Å². The van der Waals surface area contributed by atoms with Gasteiger partial charge in [-0.2, -0.15) is 0 Å². The van der Waals surface area contributed by atoms with Crippen molar-refractivity contribution in [1.29, 1.82) is 0 Å². The van der Waals surface area contributed by atoms with Crippen LogP contribution in [0, 0.1) is 0 Å². The smallest absolute Gasteiger partial charge is 0.208 e. The number of rotatable bonds is 5. The molecule has 1 saturated heterocycles. The van der Waals surface area contributed by atoms with Crippen molar-refractivity contribution in [3.8, 4) is 0 Å². The number of hydrogen-bond donors (Lipinski definition) is 1. The van der Waals surface area contributed by atoms with Gasteiger partial charge in [-0.3, -0.25) is 4.90 Å². The van der Waals surface area contributed by atoms with Gasteiger partial charge in [-0.25, -0.2) is 13.1 Å². The van der Waals surface area contributed by atoms with Gasteiger partial charge in [0.15, 0.2) is 0 Å². The molecule has 2 heterocycles. The Morgan fingerprint density at radius 1 is 1.44 bits per heavy atom. The molecule has 1 aromatic heterocycles. The number of nitrogens with zero attached hydrogens (tertiary/aromatic N) is 1. The topological polar surface area (TPSA) is 71.8 Å². The molecule has 102 valence electrons. The molecule has 6 nitrogen and oxygen atoms in total. The van der Waals surface area contributed by atoms with Crippen LogP contribution in [0.5, 0.6) is 0 Å². The van der Waals surface area contributed by atoms with Crippen LogP contribution in [0.1, 0.15) is 11.8 Å². The SMILES string of the molecule is CS(=O)(=O)NC[C@H](c1ccco1)N1CCOCC1. The summed E-state index contributed by atoms with van der Waals surface area (Å²) in [6.07, 6.45) is 2.76. The zero-order valence-corrected chi connectivity index (χ0v) is 11.1. The third kappa shape index (κ3) is 3.81. The highest BCUT2D eigenvalue weighted by Crippen LogP contribution is 2.21. The number of ether oxygens (including phenoxy) is 1. The molecular weight excluding hydrogens is 256 g/mol. The summed E-state index contributed by atoms with van der Waals surface area (Å²) in [5, 5.41) is 0. The molecule has 1 aliphatic heterocycles. The highest BCUT2D eigenvalue weighted by molar-refractivity contribution is 7.88. The fourth-order valence-electron chi connectivity index (χ4n) is 2.01. The molecular formula is C11H18N2O4S. The molecule has 7 heteroatoms. The van der Waals surface area contributed by atoms with Crippen LogP contribution in [-0.4, -0.2) is 52.4 Å². The molecule has 1 aromatic rings. The number of hydrogen-bond acceptors (Lipinski definition) is 5. The molecule has 1 atom stereocenters. The monoisotopic (exact) mass is 274 g/mol. The Kier molecular flexibility index (Phi) is 4.39. The zero-order chi connectivity index (χ0) is 13.0. The average molecular weight is 274 g/mol. The molecule has 18 heavy (non-hydrogen) atoms. The summed E-state index contributed by atoms with van der Waals surface area (Å²) < 4.78 is 35.6. The summed E-state index contributed by atoms with van der Waals surface area (Å²) in [4.78, 5) is 2.17. The van der Waals surface area contributed by atoms with Crippen molar-refractivity contribution in [3.05, 3.63) is 24.2 Å². The summed E-state index contributed by atoms with van der Waals surface area (Å²) in [5.74, 6) is 0.771. The van der Waals surface area contributed by atoms with Crippen molar-refractivity contribution >= 4 is 10.0 Å². The third-order valence-electron chi connectivity index (χ3n) is 2.90. The van der Waals surface area contributed by atoms with Gasteiger partial charge in [0.25, 0.3) is 0 Å². The lowest BCUT2D eigenvalue weighted by Crippen LogP contribution is -2.43. The molecule has 1 fully saturated rings. The lowest BCUT2D eigenvalue weighted by atomic mass is 10.2. The molecule has 1 aliphatic rings. The third-order valence-corrected chi connectivity index (χ3v) is 3.59. The van der Waals surface area contributed by atoms with Gasteiger partial charge >= 0.3 is 0 Å². The maximum Gasteiger partial charge on any atom is 0.208 e. The predicted molar refractivity (Wildman–Crippen MR) is 66.7 cm³/mol. The number of sulfonamides is 1. The summed E-state index contributed by atoms with van der Waals surface area (Å²) in [7, 11) is -3.20. The van der Waals surface area contributed by atoms with Gasteiger partial charge in [0.2, 0.25) is 10.0 Å². The van der Waals surface area contributed by atoms with E-state index >= 15 is 0 Å². The molecule has 0 amide bonds. The minimum absolute atomic E-state index is 0.0846. The lowest BCUT2D eigenvalue weighted by molar-refractivity contribution is 0.0128. The van der Waals surface area contributed by atoms with E-state index in [0.717, 1.165) is 25.1 Å². The molecule has 2 rings (SSSR count). The van der Waals surface area contributed by atoms with E-state index in [1.54, 1.807) is 6.26 Å². The Labute approximate surface area is 107 Å². The van der Waals surface area contributed by atoms with Crippen molar-refractivity contribution < 1.29 is 17.6 Å². The van der Waals surface area contributed by atoms with Crippen molar-refractivity contribution in [3.63, 3.8) is 0 Å². The molecule has 0 spiro atoms. The first kappa shape index (κ1) is 13.5. The van der Waals surface area contributed by atoms with E-state index < -0.39 is 10.0 Å². The number of furan rings is 1. The Bertz CT molecular complexity index is 451. The molecule has 0 radical (unpaired) electrons. The zero-order valence-electron chi connectivity index (χ0n) is 10.3. The van der Waals surface area contributed by atoms with Crippen LogP contribution in [0.15, 0.2) is 22.8 Å². The van der Waals surface area contributed by atoms with Gasteiger partial charge in [-0.1, -0.05) is 0 Å². The van der Waals surface area contributed by atoms with Crippen molar-refractivity contribution in [2.24, 2.45) is 0 Å². The largest absolute Gasteiger partial charge is 0.468 e. The van der Waals surface area contributed by atoms with Gasteiger partial charge in [0, 0.05) is 19.6 Å². The molecule has 0 unspecified atom stereocenters. The second kappa shape index (κ2) is 5.83. The van der Waals surface area contributed by atoms with Gasteiger partial charge in [0.1, 0.15) is 5.76 Å². The lowest BCUT2D eigenvalue weighted by Gasteiger charge is -2.33. The van der Waals surface area contributed by atoms with E-state index in [9.17, 15) is 8.42 Å². The molecule has 1 N–H and O–H groups in total. The summed E-state index contributed by atoms with van der Waals surface area (Å²) in [5.41, 5.74) is 0. The fourth-order valence-corrected chi connectivity index (χ4v) is 2.47. The first-order valence-corrected chi connectivity index (χ1v) is 7.75. The maximum atomic E-state index is 11.2. The molecule has 0 aliphatic carbocycles. The Balaban J connectivity index is 2.07. The summed E-state index contributed by atoms with van der Waals surface area (Å²) >= 11 is 0. The van der Waals surface area contributed by atoms with E-state index in [1.807, 2.05) is 12.1 Å². The highest BCUT2D eigenvalue weighted by Gasteiger charge is 2.25. The first-order valence-electron chi connectivity index (χ1n) is 5.86. The van der Waals surface area contributed by atoms with Crippen molar-refractivity contribution in [2.45, 2.75) is 6.04 Å². The molecule has 0 aromatic carbocycles. The van der Waals surface area contributed by atoms with Gasteiger partial charge in [0.05, 0.1) is 31.8 Å². The Morgan fingerprint density at radius 3 is 2.72 bits per heavy atom. The van der Waals surface area contributed by atoms with Crippen LogP contribution in [0.3, 0.4) is 0 Å². The van der Waals surface area contributed by atoms with Gasteiger partial charge in [-0.05, 0) is 12.1 Å². The number of nitrogens with one attached hydrogen (secondary N) is 1. The average Bonchev–Trinajstić information content (AvgIpc) is 2.83. The fraction of sp³-hybridized carbons (Fsp3) is 0.636. The predicted octanol–water partition coefficient (Wildman–Crippen LogP) is 0.202. The number of morpholine rings is 1. The van der Waals surface area contributed by atoms with Crippen LogP contribution < -0.4 is 4.72 Å². The van der Waals surface area contributed by atoms with Crippen LogP contribution in [-0.2, 0) is 14.8 Å². The Morgan fingerprint density at radius 2 is 2.17 bits per heavy atom. The van der Waals surface area contributed by atoms with E-state index in [1.165, 1.54) is 0 Å². The second-order valence-electron chi connectivity index (χ2n) is 4.30. The standard InChI is InChI=1S/C11H18N2O4S/c1-18(14,15)12-9-10(11-3-2-6-17-11)13-4-7-16-8-5-13/h2-3,6,10,12H,4-5,7-9H2,1H3/t10-/m1/s1. The van der Waals surface area contributed by atoms with E-state index in [0.29, 0.717) is 19.8 Å². The summed E-state index contributed by atoms with van der Waals surface area (Å²) in [6.45, 7) is 3.19. The first-order chi connectivity index (χ1) is 8.56. The minimum Gasteiger partial charge on any atom is -0.468 e. The van der Waals surface area contributed by atoms with Crippen molar-refractivity contribution in [2.75, 3.05) is 39.1 Å². The maximum absolute atomic E-state index is 11.2. The Hall–Kier alpha value is -0.890. The van der Waals surface area contributed by atoms with Gasteiger partial charge in [-0.15, -0.1) is 0 Å². The highest BCUT2D eigenvalue weighted by atomic mass is 32.2. The van der Waals surface area contributed by atoms with Crippen LogP contribution in [0.4, 0.5) is 0 Å². The van der Waals surface area contributed by atoms with Crippen LogP contribution >= 0.6 is 0 Å². The normalized spacial score (nSPS) is 19.8. The van der Waals surface area contributed by atoms with Crippen LogP contribution in [0.2, 0.25) is 0 Å². The molecule has 0 bridgehead atoms. The molecule has 0 saturated carbocycles. The van der Waals surface area contributed by atoms with E-state index in [2.05, 4.69) is 9.62 Å². The second-order valence-corrected chi connectivity index (χ2v) is 6.13. The van der Waals surface area contributed by atoms with Gasteiger partial charge < -0.3 is 9.15 Å². The minimum atomic E-state index is -3.20. The van der Waals surface area contributed by atoms with E-state index in [-0.39, 0.29) is 6.04 Å². The van der Waals surface area contributed by atoms with E-state index in [4.69, 9.17) is 9.15 Å². The quantitative estimate of drug-likeness (QED) is 0.830.